The summed E-state index contributed by atoms with van der Waals surface area (Å²) in [5.41, 5.74) is 0.598. The first-order valence-corrected chi connectivity index (χ1v) is 5.68. The fourth-order valence-corrected chi connectivity index (χ4v) is 1.86. The number of hydrogen-bond acceptors (Lipinski definition) is 2. The van der Waals surface area contributed by atoms with Crippen LogP contribution in [0.15, 0.2) is 24.4 Å². The largest absolute Gasteiger partial charge is 0.321 e. The van der Waals surface area contributed by atoms with Crippen molar-refractivity contribution in [2.24, 2.45) is 7.05 Å². The van der Waals surface area contributed by atoms with Crippen molar-refractivity contribution >= 4 is 34.8 Å². The van der Waals surface area contributed by atoms with Crippen molar-refractivity contribution < 1.29 is 9.18 Å². The predicted molar refractivity (Wildman–Crippen MR) is 67.6 cm³/mol. The third-order valence-corrected chi connectivity index (χ3v) is 2.85. The number of anilines is 1. The van der Waals surface area contributed by atoms with Crippen molar-refractivity contribution in [3.8, 4) is 0 Å². The van der Waals surface area contributed by atoms with E-state index in [9.17, 15) is 9.18 Å². The number of carbonyl (C=O) groups is 1. The molecule has 0 saturated heterocycles. The molecule has 0 fully saturated rings. The molecular formula is C11H8Cl2FN3O. The third-order valence-electron chi connectivity index (χ3n) is 2.29. The summed E-state index contributed by atoms with van der Waals surface area (Å²) >= 11 is 11.4. The summed E-state index contributed by atoms with van der Waals surface area (Å²) < 4.78 is 14.3. The maximum absolute atomic E-state index is 13.0. The van der Waals surface area contributed by atoms with Gasteiger partial charge in [0.2, 0.25) is 0 Å². The Labute approximate surface area is 112 Å². The number of aromatic nitrogens is 2. The SMILES string of the molecule is Cn1ncc(Cl)c1C(=O)Nc1ccc(F)c(Cl)c1. The van der Waals surface area contributed by atoms with Gasteiger partial charge in [-0.3, -0.25) is 9.48 Å². The van der Waals surface area contributed by atoms with Gasteiger partial charge in [0.05, 0.1) is 16.2 Å². The lowest BCUT2D eigenvalue weighted by Gasteiger charge is -2.06. The molecule has 1 amide bonds. The summed E-state index contributed by atoms with van der Waals surface area (Å²) in [7, 11) is 1.60. The zero-order valence-electron chi connectivity index (χ0n) is 9.25. The van der Waals surface area contributed by atoms with Gasteiger partial charge < -0.3 is 5.32 Å². The van der Waals surface area contributed by atoms with Crippen LogP contribution in [0.1, 0.15) is 10.5 Å². The molecule has 0 aliphatic rings. The summed E-state index contributed by atoms with van der Waals surface area (Å²) in [5, 5.41) is 6.58. The van der Waals surface area contributed by atoms with Crippen LogP contribution in [0.5, 0.6) is 0 Å². The molecule has 4 nitrogen and oxygen atoms in total. The van der Waals surface area contributed by atoms with Crippen molar-refractivity contribution in [2.75, 3.05) is 5.32 Å². The fourth-order valence-electron chi connectivity index (χ4n) is 1.43. The van der Waals surface area contributed by atoms with Gasteiger partial charge in [-0.05, 0) is 18.2 Å². The summed E-state index contributed by atoms with van der Waals surface area (Å²) in [4.78, 5) is 11.9. The van der Waals surface area contributed by atoms with Gasteiger partial charge in [0.15, 0.2) is 0 Å². The van der Waals surface area contributed by atoms with Crippen LogP contribution in [0.2, 0.25) is 10.0 Å². The lowest BCUT2D eigenvalue weighted by atomic mass is 10.3. The number of benzene rings is 1. The van der Waals surface area contributed by atoms with E-state index in [0.29, 0.717) is 5.69 Å². The van der Waals surface area contributed by atoms with E-state index in [1.165, 1.54) is 29.1 Å². The minimum Gasteiger partial charge on any atom is -0.321 e. The highest BCUT2D eigenvalue weighted by Crippen LogP contribution is 2.21. The highest BCUT2D eigenvalue weighted by Gasteiger charge is 2.16. The Kier molecular flexibility index (Phi) is 3.54. The molecule has 0 unspecified atom stereocenters. The maximum atomic E-state index is 13.0. The van der Waals surface area contributed by atoms with Gasteiger partial charge in [0.25, 0.3) is 5.91 Å². The van der Waals surface area contributed by atoms with E-state index in [-0.39, 0.29) is 15.7 Å². The van der Waals surface area contributed by atoms with Crippen molar-refractivity contribution in [3.05, 3.63) is 46.0 Å². The first-order chi connectivity index (χ1) is 8.49. The second kappa shape index (κ2) is 4.96. The van der Waals surface area contributed by atoms with Crippen molar-refractivity contribution in [1.82, 2.24) is 9.78 Å². The van der Waals surface area contributed by atoms with E-state index in [4.69, 9.17) is 23.2 Å². The molecule has 1 heterocycles. The maximum Gasteiger partial charge on any atom is 0.275 e. The second-order valence-corrected chi connectivity index (χ2v) is 4.36. The molecule has 0 aliphatic carbocycles. The average Bonchev–Trinajstić information content (AvgIpc) is 2.64. The zero-order chi connectivity index (χ0) is 13.3. The Balaban J connectivity index is 2.24. The standard InChI is InChI=1S/C11H8Cl2FN3O/c1-17-10(8(13)5-15-17)11(18)16-6-2-3-9(14)7(12)4-6/h2-5H,1H3,(H,16,18). The third kappa shape index (κ3) is 2.47. The van der Waals surface area contributed by atoms with E-state index in [2.05, 4.69) is 10.4 Å². The molecule has 94 valence electrons. The zero-order valence-corrected chi connectivity index (χ0v) is 10.8. The number of amides is 1. The van der Waals surface area contributed by atoms with Crippen LogP contribution in [-0.4, -0.2) is 15.7 Å². The molecule has 0 saturated carbocycles. The van der Waals surface area contributed by atoms with Crippen LogP contribution < -0.4 is 5.32 Å². The second-order valence-electron chi connectivity index (χ2n) is 3.55. The normalized spacial score (nSPS) is 10.4. The van der Waals surface area contributed by atoms with Crippen LogP contribution in [-0.2, 0) is 7.05 Å². The molecule has 2 aromatic rings. The molecular weight excluding hydrogens is 280 g/mol. The van der Waals surface area contributed by atoms with E-state index >= 15 is 0 Å². The van der Waals surface area contributed by atoms with Gasteiger partial charge >= 0.3 is 0 Å². The molecule has 2 rings (SSSR count). The van der Waals surface area contributed by atoms with E-state index in [1.807, 2.05) is 0 Å². The molecule has 18 heavy (non-hydrogen) atoms. The number of rotatable bonds is 2. The molecule has 0 bridgehead atoms. The minimum atomic E-state index is -0.548. The van der Waals surface area contributed by atoms with E-state index < -0.39 is 11.7 Å². The molecule has 0 atom stereocenters. The Morgan fingerprint density at radius 2 is 2.11 bits per heavy atom. The predicted octanol–water partition coefficient (Wildman–Crippen LogP) is 3.12. The Morgan fingerprint density at radius 1 is 1.39 bits per heavy atom. The number of hydrogen-bond donors (Lipinski definition) is 1. The summed E-state index contributed by atoms with van der Waals surface area (Å²) in [6, 6.07) is 3.89. The molecule has 7 heteroatoms. The van der Waals surface area contributed by atoms with Gasteiger partial charge in [0, 0.05) is 12.7 Å². The van der Waals surface area contributed by atoms with Crippen molar-refractivity contribution in [3.63, 3.8) is 0 Å². The first kappa shape index (κ1) is 12.9. The Hall–Kier alpha value is -1.59. The van der Waals surface area contributed by atoms with Crippen molar-refractivity contribution in [2.45, 2.75) is 0 Å². The smallest absolute Gasteiger partial charge is 0.275 e. The Bertz CT molecular complexity index is 593. The Morgan fingerprint density at radius 3 is 2.67 bits per heavy atom. The molecule has 1 aromatic carbocycles. The lowest BCUT2D eigenvalue weighted by molar-refractivity contribution is 0.101. The fraction of sp³-hybridized carbons (Fsp3) is 0.0909. The van der Waals surface area contributed by atoms with Gasteiger partial charge in [-0.15, -0.1) is 0 Å². The summed E-state index contributed by atoms with van der Waals surface area (Å²) in [5.74, 6) is -0.990. The van der Waals surface area contributed by atoms with E-state index in [0.717, 1.165) is 0 Å². The number of nitrogens with zero attached hydrogens (tertiary/aromatic N) is 2. The molecule has 0 spiro atoms. The summed E-state index contributed by atoms with van der Waals surface area (Å²) in [6.45, 7) is 0. The summed E-state index contributed by atoms with van der Waals surface area (Å²) in [6.07, 6.45) is 1.37. The molecule has 0 aliphatic heterocycles. The first-order valence-electron chi connectivity index (χ1n) is 4.93. The van der Waals surface area contributed by atoms with Crippen molar-refractivity contribution in [1.29, 1.82) is 0 Å². The molecule has 1 N–H and O–H groups in total. The van der Waals surface area contributed by atoms with Gasteiger partial charge in [-0.2, -0.15) is 5.10 Å². The average molecular weight is 288 g/mol. The molecule has 1 aromatic heterocycles. The topological polar surface area (TPSA) is 46.9 Å². The number of nitrogens with one attached hydrogen (secondary N) is 1. The van der Waals surface area contributed by atoms with Crippen LogP contribution in [0, 0.1) is 5.82 Å². The van der Waals surface area contributed by atoms with Gasteiger partial charge in [-0.1, -0.05) is 23.2 Å². The highest BCUT2D eigenvalue weighted by molar-refractivity contribution is 6.34. The highest BCUT2D eigenvalue weighted by atomic mass is 35.5. The lowest BCUT2D eigenvalue weighted by Crippen LogP contribution is -2.16. The molecule has 0 radical (unpaired) electrons. The van der Waals surface area contributed by atoms with Crippen LogP contribution in [0.3, 0.4) is 0 Å². The quantitative estimate of drug-likeness (QED) is 0.923. The van der Waals surface area contributed by atoms with Gasteiger partial charge in [-0.25, -0.2) is 4.39 Å². The van der Waals surface area contributed by atoms with Crippen LogP contribution >= 0.6 is 23.2 Å². The number of halogens is 3. The number of aryl methyl sites for hydroxylation is 1. The minimum absolute atomic E-state index is 0.0658. The number of carbonyl (C=O) groups excluding carboxylic acids is 1. The van der Waals surface area contributed by atoms with Crippen LogP contribution in [0.25, 0.3) is 0 Å². The monoisotopic (exact) mass is 287 g/mol. The van der Waals surface area contributed by atoms with Crippen LogP contribution in [0.4, 0.5) is 10.1 Å². The van der Waals surface area contributed by atoms with Gasteiger partial charge in [0.1, 0.15) is 11.5 Å². The van der Waals surface area contributed by atoms with E-state index in [1.54, 1.807) is 7.05 Å².